The van der Waals surface area contributed by atoms with Gasteiger partial charge in [-0.25, -0.2) is 4.68 Å². The maximum absolute atomic E-state index is 12.1. The van der Waals surface area contributed by atoms with Crippen LogP contribution in [0.4, 0.5) is 17.2 Å². The van der Waals surface area contributed by atoms with Crippen molar-refractivity contribution in [3.8, 4) is 11.6 Å². The standard InChI is InChI=1S/C22H20N6O2/c1-16-4-2-5-19(14-16)30-15-22(29)25-18-8-6-17(7-9-18)24-20-10-11-21(27-26-20)28-13-3-12-23-28/h2-14H,15H2,1H3,(H,24,26)(H,25,29). The van der Waals surface area contributed by atoms with Gasteiger partial charge in [-0.05, 0) is 67.1 Å². The van der Waals surface area contributed by atoms with E-state index in [1.165, 1.54) is 0 Å². The first-order valence-corrected chi connectivity index (χ1v) is 9.36. The van der Waals surface area contributed by atoms with Gasteiger partial charge in [0.05, 0.1) is 0 Å². The molecule has 8 nitrogen and oxygen atoms in total. The van der Waals surface area contributed by atoms with Gasteiger partial charge in [0.15, 0.2) is 18.2 Å². The first kappa shape index (κ1) is 19.1. The van der Waals surface area contributed by atoms with Crippen molar-refractivity contribution >= 4 is 23.1 Å². The molecule has 0 aliphatic heterocycles. The van der Waals surface area contributed by atoms with E-state index in [0.29, 0.717) is 23.1 Å². The minimum absolute atomic E-state index is 0.0539. The number of hydrogen-bond donors (Lipinski definition) is 2. The minimum Gasteiger partial charge on any atom is -0.484 e. The van der Waals surface area contributed by atoms with Crippen LogP contribution in [0.5, 0.6) is 5.75 Å². The van der Waals surface area contributed by atoms with Gasteiger partial charge in [0.2, 0.25) is 0 Å². The van der Waals surface area contributed by atoms with Crippen molar-refractivity contribution in [1.29, 1.82) is 0 Å². The second kappa shape index (κ2) is 8.87. The maximum atomic E-state index is 12.1. The number of benzene rings is 2. The van der Waals surface area contributed by atoms with Gasteiger partial charge in [0, 0.05) is 23.8 Å². The van der Waals surface area contributed by atoms with Crippen molar-refractivity contribution in [2.45, 2.75) is 6.92 Å². The Hall–Kier alpha value is -4.20. The maximum Gasteiger partial charge on any atom is 0.262 e. The fourth-order valence-corrected chi connectivity index (χ4v) is 2.75. The fraction of sp³-hybridized carbons (Fsp3) is 0.0909. The van der Waals surface area contributed by atoms with E-state index in [9.17, 15) is 4.79 Å². The fourth-order valence-electron chi connectivity index (χ4n) is 2.75. The quantitative estimate of drug-likeness (QED) is 0.491. The van der Waals surface area contributed by atoms with Gasteiger partial charge in [-0.15, -0.1) is 10.2 Å². The number of carbonyl (C=O) groups excluding carboxylic acids is 1. The van der Waals surface area contributed by atoms with Crippen molar-refractivity contribution in [1.82, 2.24) is 20.0 Å². The third kappa shape index (κ3) is 4.99. The summed E-state index contributed by atoms with van der Waals surface area (Å²) in [5.74, 6) is 1.69. The van der Waals surface area contributed by atoms with E-state index in [-0.39, 0.29) is 12.5 Å². The number of nitrogens with zero attached hydrogens (tertiary/aromatic N) is 4. The molecule has 4 rings (SSSR count). The summed E-state index contributed by atoms with van der Waals surface area (Å²) in [5, 5.41) is 18.4. The second-order valence-corrected chi connectivity index (χ2v) is 6.58. The average molecular weight is 400 g/mol. The number of anilines is 3. The largest absolute Gasteiger partial charge is 0.484 e. The highest BCUT2D eigenvalue weighted by molar-refractivity contribution is 5.92. The molecule has 0 atom stereocenters. The third-order valence-electron chi connectivity index (χ3n) is 4.19. The van der Waals surface area contributed by atoms with Crippen LogP contribution >= 0.6 is 0 Å². The summed E-state index contributed by atoms with van der Waals surface area (Å²) in [4.78, 5) is 12.1. The van der Waals surface area contributed by atoms with Crippen molar-refractivity contribution in [2.24, 2.45) is 0 Å². The average Bonchev–Trinajstić information content (AvgIpc) is 3.29. The Bertz CT molecular complexity index is 1110. The minimum atomic E-state index is -0.225. The molecule has 4 aromatic rings. The summed E-state index contributed by atoms with van der Waals surface area (Å²) >= 11 is 0. The van der Waals surface area contributed by atoms with Crippen LogP contribution < -0.4 is 15.4 Å². The van der Waals surface area contributed by atoms with E-state index in [1.54, 1.807) is 29.2 Å². The molecule has 0 bridgehead atoms. The summed E-state index contributed by atoms with van der Waals surface area (Å²) in [6, 6.07) is 20.3. The third-order valence-corrected chi connectivity index (χ3v) is 4.19. The molecule has 2 aromatic carbocycles. The van der Waals surface area contributed by atoms with E-state index in [4.69, 9.17) is 4.74 Å². The SMILES string of the molecule is Cc1cccc(OCC(=O)Nc2ccc(Nc3ccc(-n4cccn4)nn3)cc2)c1. The van der Waals surface area contributed by atoms with Crippen molar-refractivity contribution < 1.29 is 9.53 Å². The molecule has 8 heteroatoms. The summed E-state index contributed by atoms with van der Waals surface area (Å²) in [6.07, 6.45) is 3.49. The molecule has 0 unspecified atom stereocenters. The Balaban J connectivity index is 1.30. The van der Waals surface area contributed by atoms with E-state index >= 15 is 0 Å². The normalized spacial score (nSPS) is 10.4. The van der Waals surface area contributed by atoms with Crippen LogP contribution in [0.25, 0.3) is 5.82 Å². The molecule has 0 aliphatic rings. The van der Waals surface area contributed by atoms with Crippen LogP contribution in [0.15, 0.2) is 79.1 Å². The number of ether oxygens (including phenoxy) is 1. The van der Waals surface area contributed by atoms with E-state index in [1.807, 2.05) is 61.5 Å². The van der Waals surface area contributed by atoms with Crippen LogP contribution in [0.2, 0.25) is 0 Å². The van der Waals surface area contributed by atoms with E-state index in [2.05, 4.69) is 25.9 Å². The van der Waals surface area contributed by atoms with Crippen LogP contribution in [-0.2, 0) is 4.79 Å². The summed E-state index contributed by atoms with van der Waals surface area (Å²) < 4.78 is 7.15. The lowest BCUT2D eigenvalue weighted by molar-refractivity contribution is -0.118. The second-order valence-electron chi connectivity index (χ2n) is 6.58. The van der Waals surface area contributed by atoms with Crippen LogP contribution in [0.1, 0.15) is 5.56 Å². The molecule has 0 fully saturated rings. The first-order valence-electron chi connectivity index (χ1n) is 9.36. The predicted molar refractivity (Wildman–Crippen MR) is 114 cm³/mol. The summed E-state index contributed by atoms with van der Waals surface area (Å²) in [6.45, 7) is 1.92. The molecule has 0 saturated carbocycles. The number of nitrogens with one attached hydrogen (secondary N) is 2. The zero-order valence-electron chi connectivity index (χ0n) is 16.3. The zero-order chi connectivity index (χ0) is 20.8. The molecule has 0 aliphatic carbocycles. The van der Waals surface area contributed by atoms with Crippen molar-refractivity contribution in [3.05, 3.63) is 84.7 Å². The van der Waals surface area contributed by atoms with Crippen molar-refractivity contribution in [3.63, 3.8) is 0 Å². The highest BCUT2D eigenvalue weighted by Gasteiger charge is 2.05. The number of aromatic nitrogens is 4. The number of rotatable bonds is 7. The van der Waals surface area contributed by atoms with Gasteiger partial charge in [0.25, 0.3) is 5.91 Å². The summed E-state index contributed by atoms with van der Waals surface area (Å²) in [5.41, 5.74) is 2.58. The molecule has 0 spiro atoms. The molecule has 30 heavy (non-hydrogen) atoms. The molecule has 0 saturated heterocycles. The Morgan fingerprint density at radius 1 is 1.00 bits per heavy atom. The smallest absolute Gasteiger partial charge is 0.262 e. The lowest BCUT2D eigenvalue weighted by Gasteiger charge is -2.09. The van der Waals surface area contributed by atoms with Gasteiger partial charge < -0.3 is 15.4 Å². The molecule has 0 radical (unpaired) electrons. The van der Waals surface area contributed by atoms with Crippen LogP contribution in [0.3, 0.4) is 0 Å². The molecule has 2 heterocycles. The molecular weight excluding hydrogens is 380 g/mol. The van der Waals surface area contributed by atoms with Gasteiger partial charge in [0.1, 0.15) is 5.75 Å². The van der Waals surface area contributed by atoms with Gasteiger partial charge in [-0.3, -0.25) is 4.79 Å². The van der Waals surface area contributed by atoms with Crippen LogP contribution in [0, 0.1) is 6.92 Å². The Morgan fingerprint density at radius 2 is 1.83 bits per heavy atom. The Morgan fingerprint density at radius 3 is 2.53 bits per heavy atom. The van der Waals surface area contributed by atoms with Gasteiger partial charge in [-0.1, -0.05) is 12.1 Å². The topological polar surface area (TPSA) is 94.0 Å². The lowest BCUT2D eigenvalue weighted by atomic mass is 10.2. The number of hydrogen-bond acceptors (Lipinski definition) is 6. The highest BCUT2D eigenvalue weighted by atomic mass is 16.5. The molecule has 150 valence electrons. The van der Waals surface area contributed by atoms with E-state index in [0.717, 1.165) is 11.3 Å². The van der Waals surface area contributed by atoms with Gasteiger partial charge >= 0.3 is 0 Å². The lowest BCUT2D eigenvalue weighted by Crippen LogP contribution is -2.20. The highest BCUT2D eigenvalue weighted by Crippen LogP contribution is 2.18. The molecule has 2 N–H and O–H groups in total. The Kier molecular flexibility index (Phi) is 5.66. The molecular formula is C22H20N6O2. The Labute approximate surface area is 173 Å². The number of aryl methyl sites for hydroxylation is 1. The predicted octanol–water partition coefficient (Wildman–Crippen LogP) is 3.73. The van der Waals surface area contributed by atoms with Gasteiger partial charge in [-0.2, -0.15) is 5.10 Å². The molecule has 2 aromatic heterocycles. The zero-order valence-corrected chi connectivity index (χ0v) is 16.3. The summed E-state index contributed by atoms with van der Waals surface area (Å²) in [7, 11) is 0. The van der Waals surface area contributed by atoms with Crippen LogP contribution in [-0.4, -0.2) is 32.5 Å². The number of carbonyl (C=O) groups is 1. The van der Waals surface area contributed by atoms with Crippen molar-refractivity contribution in [2.75, 3.05) is 17.2 Å². The number of amides is 1. The van der Waals surface area contributed by atoms with E-state index < -0.39 is 0 Å². The first-order chi connectivity index (χ1) is 14.7. The molecule has 1 amide bonds. The monoisotopic (exact) mass is 400 g/mol.